The van der Waals surface area contributed by atoms with Gasteiger partial charge in [-0.15, -0.1) is 0 Å². The van der Waals surface area contributed by atoms with Crippen LogP contribution in [0.4, 0.5) is 0 Å². The molecule has 1 aliphatic rings. The number of likely N-dealkylation sites (tertiary alicyclic amines) is 1. The monoisotopic (exact) mass is 256 g/mol. The van der Waals surface area contributed by atoms with Gasteiger partial charge in [0, 0.05) is 25.3 Å². The van der Waals surface area contributed by atoms with Crippen molar-refractivity contribution in [1.29, 1.82) is 0 Å². The highest BCUT2D eigenvalue weighted by Crippen LogP contribution is 2.18. The standard InChI is InChI=1S/C12H20N2O4/c1-8-6-10(17)14(11(8)18)5-4-9(16)13-12(2,3)7-15/h8,15H,4-7H2,1-3H3,(H,13,16). The van der Waals surface area contributed by atoms with E-state index in [9.17, 15) is 14.4 Å². The van der Waals surface area contributed by atoms with Gasteiger partial charge in [-0.25, -0.2) is 0 Å². The summed E-state index contributed by atoms with van der Waals surface area (Å²) in [5, 5.41) is 11.6. The number of amides is 3. The summed E-state index contributed by atoms with van der Waals surface area (Å²) in [6, 6.07) is 0. The molecule has 1 rings (SSSR count). The molecule has 3 amide bonds. The van der Waals surface area contributed by atoms with Crippen molar-refractivity contribution in [2.75, 3.05) is 13.2 Å². The van der Waals surface area contributed by atoms with E-state index in [1.54, 1.807) is 20.8 Å². The second-order valence-electron chi connectivity index (χ2n) is 5.33. The van der Waals surface area contributed by atoms with Crippen LogP contribution in [0.1, 0.15) is 33.6 Å². The molecule has 0 aromatic rings. The van der Waals surface area contributed by atoms with E-state index >= 15 is 0 Å². The highest BCUT2D eigenvalue weighted by molar-refractivity contribution is 6.03. The first-order valence-corrected chi connectivity index (χ1v) is 6.03. The quantitative estimate of drug-likeness (QED) is 0.659. The first-order valence-electron chi connectivity index (χ1n) is 6.03. The van der Waals surface area contributed by atoms with Crippen LogP contribution < -0.4 is 5.32 Å². The van der Waals surface area contributed by atoms with Crippen LogP contribution in [0.5, 0.6) is 0 Å². The van der Waals surface area contributed by atoms with E-state index in [1.807, 2.05) is 0 Å². The lowest BCUT2D eigenvalue weighted by molar-refractivity contribution is -0.139. The first kappa shape index (κ1) is 14.6. The maximum Gasteiger partial charge on any atom is 0.232 e. The molecule has 0 spiro atoms. The molecule has 1 fully saturated rings. The Morgan fingerprint density at radius 1 is 1.50 bits per heavy atom. The Labute approximate surface area is 106 Å². The molecule has 1 heterocycles. The third kappa shape index (κ3) is 3.53. The lowest BCUT2D eigenvalue weighted by Gasteiger charge is -2.24. The molecular weight excluding hydrogens is 236 g/mol. The van der Waals surface area contributed by atoms with E-state index in [0.29, 0.717) is 0 Å². The Bertz CT molecular complexity index is 365. The predicted octanol–water partition coefficient (Wildman–Crippen LogP) is -0.341. The third-order valence-electron chi connectivity index (χ3n) is 2.91. The number of rotatable bonds is 5. The lowest BCUT2D eigenvalue weighted by Crippen LogP contribution is -2.47. The number of aliphatic hydroxyl groups excluding tert-OH is 1. The second-order valence-corrected chi connectivity index (χ2v) is 5.33. The zero-order valence-electron chi connectivity index (χ0n) is 11.0. The summed E-state index contributed by atoms with van der Waals surface area (Å²) < 4.78 is 0. The van der Waals surface area contributed by atoms with Crippen LogP contribution in [0.2, 0.25) is 0 Å². The van der Waals surface area contributed by atoms with E-state index in [0.717, 1.165) is 4.90 Å². The van der Waals surface area contributed by atoms with Crippen molar-refractivity contribution in [3.8, 4) is 0 Å². The van der Waals surface area contributed by atoms with Crippen molar-refractivity contribution in [1.82, 2.24) is 10.2 Å². The van der Waals surface area contributed by atoms with Crippen LogP contribution in [0, 0.1) is 5.92 Å². The highest BCUT2D eigenvalue weighted by atomic mass is 16.3. The molecular formula is C12H20N2O4. The van der Waals surface area contributed by atoms with E-state index in [1.165, 1.54) is 0 Å². The first-order chi connectivity index (χ1) is 8.26. The Morgan fingerprint density at radius 3 is 2.56 bits per heavy atom. The van der Waals surface area contributed by atoms with Crippen molar-refractivity contribution in [2.24, 2.45) is 5.92 Å². The smallest absolute Gasteiger partial charge is 0.232 e. The predicted molar refractivity (Wildman–Crippen MR) is 64.4 cm³/mol. The van der Waals surface area contributed by atoms with Gasteiger partial charge in [0.1, 0.15) is 0 Å². The minimum Gasteiger partial charge on any atom is -0.394 e. The number of hydrogen-bond donors (Lipinski definition) is 2. The van der Waals surface area contributed by atoms with Crippen LogP contribution in [0.3, 0.4) is 0 Å². The van der Waals surface area contributed by atoms with E-state index < -0.39 is 5.54 Å². The van der Waals surface area contributed by atoms with Crippen molar-refractivity contribution < 1.29 is 19.5 Å². The molecule has 1 saturated heterocycles. The Hall–Kier alpha value is -1.43. The number of nitrogens with zero attached hydrogens (tertiary/aromatic N) is 1. The molecule has 6 nitrogen and oxygen atoms in total. The van der Waals surface area contributed by atoms with Crippen molar-refractivity contribution in [3.05, 3.63) is 0 Å². The average Bonchev–Trinajstić information content (AvgIpc) is 2.50. The zero-order chi connectivity index (χ0) is 13.9. The number of hydrogen-bond acceptors (Lipinski definition) is 4. The van der Waals surface area contributed by atoms with Gasteiger partial charge in [0.15, 0.2) is 0 Å². The number of nitrogens with one attached hydrogen (secondary N) is 1. The molecule has 0 aromatic carbocycles. The molecule has 2 N–H and O–H groups in total. The van der Waals surface area contributed by atoms with Gasteiger partial charge in [0.2, 0.25) is 17.7 Å². The summed E-state index contributed by atoms with van der Waals surface area (Å²) >= 11 is 0. The normalized spacial score (nSPS) is 20.4. The van der Waals surface area contributed by atoms with E-state index in [-0.39, 0.29) is 49.6 Å². The number of imide groups is 1. The minimum atomic E-state index is -0.691. The molecule has 18 heavy (non-hydrogen) atoms. The zero-order valence-corrected chi connectivity index (χ0v) is 11.0. The van der Waals surface area contributed by atoms with Crippen LogP contribution in [0.15, 0.2) is 0 Å². The SMILES string of the molecule is CC1CC(=O)N(CCC(=O)NC(C)(C)CO)C1=O. The van der Waals surface area contributed by atoms with Gasteiger partial charge in [-0.2, -0.15) is 0 Å². The Kier molecular flexibility index (Phi) is 4.45. The van der Waals surface area contributed by atoms with Crippen LogP contribution in [-0.4, -0.2) is 46.4 Å². The number of carbonyl (C=O) groups excluding carboxylic acids is 3. The second kappa shape index (κ2) is 5.48. The summed E-state index contributed by atoms with van der Waals surface area (Å²) in [6.45, 7) is 5.03. The topological polar surface area (TPSA) is 86.7 Å². The highest BCUT2D eigenvalue weighted by Gasteiger charge is 2.35. The van der Waals surface area contributed by atoms with Crippen LogP contribution in [-0.2, 0) is 14.4 Å². The molecule has 0 bridgehead atoms. The average molecular weight is 256 g/mol. The minimum absolute atomic E-state index is 0.0631. The van der Waals surface area contributed by atoms with Crippen molar-refractivity contribution >= 4 is 17.7 Å². The molecule has 0 aliphatic carbocycles. The van der Waals surface area contributed by atoms with Gasteiger partial charge >= 0.3 is 0 Å². The van der Waals surface area contributed by atoms with Gasteiger partial charge in [0.05, 0.1) is 12.1 Å². The molecule has 0 saturated carbocycles. The van der Waals surface area contributed by atoms with E-state index in [2.05, 4.69) is 5.32 Å². The fourth-order valence-electron chi connectivity index (χ4n) is 1.78. The van der Waals surface area contributed by atoms with Gasteiger partial charge in [0.25, 0.3) is 0 Å². The van der Waals surface area contributed by atoms with Crippen molar-refractivity contribution in [2.45, 2.75) is 39.2 Å². The van der Waals surface area contributed by atoms with Gasteiger partial charge in [-0.1, -0.05) is 6.92 Å². The van der Waals surface area contributed by atoms with Crippen LogP contribution in [0.25, 0.3) is 0 Å². The lowest BCUT2D eigenvalue weighted by atomic mass is 10.1. The van der Waals surface area contributed by atoms with Crippen molar-refractivity contribution in [3.63, 3.8) is 0 Å². The molecule has 0 radical (unpaired) electrons. The third-order valence-corrected chi connectivity index (χ3v) is 2.91. The summed E-state index contributed by atoms with van der Waals surface area (Å²) in [6.07, 6.45) is 0.288. The Morgan fingerprint density at radius 2 is 2.11 bits per heavy atom. The summed E-state index contributed by atoms with van der Waals surface area (Å²) in [7, 11) is 0. The summed E-state index contributed by atoms with van der Waals surface area (Å²) in [5.41, 5.74) is -0.691. The number of aliphatic hydroxyl groups is 1. The molecule has 102 valence electrons. The Balaban J connectivity index is 2.44. The summed E-state index contributed by atoms with van der Waals surface area (Å²) in [4.78, 5) is 35.8. The molecule has 1 atom stereocenters. The van der Waals surface area contributed by atoms with Gasteiger partial charge in [-0.05, 0) is 13.8 Å². The van der Waals surface area contributed by atoms with Gasteiger partial charge < -0.3 is 10.4 Å². The van der Waals surface area contributed by atoms with E-state index in [4.69, 9.17) is 5.11 Å². The largest absolute Gasteiger partial charge is 0.394 e. The van der Waals surface area contributed by atoms with Crippen LogP contribution >= 0.6 is 0 Å². The molecule has 6 heteroatoms. The molecule has 1 aliphatic heterocycles. The molecule has 1 unspecified atom stereocenters. The fraction of sp³-hybridized carbons (Fsp3) is 0.750. The van der Waals surface area contributed by atoms with Gasteiger partial charge in [-0.3, -0.25) is 19.3 Å². The maximum absolute atomic E-state index is 11.6. The number of carbonyl (C=O) groups is 3. The molecule has 0 aromatic heterocycles. The maximum atomic E-state index is 11.6. The summed E-state index contributed by atoms with van der Waals surface area (Å²) in [5.74, 6) is -1.00. The fourth-order valence-corrected chi connectivity index (χ4v) is 1.78.